The Morgan fingerprint density at radius 2 is 0.680 bits per heavy atom. The van der Waals surface area contributed by atoms with Crippen LogP contribution in [0.3, 0.4) is 0 Å². The Bertz CT molecular complexity index is 2820. The molecule has 0 spiro atoms. The van der Waals surface area contributed by atoms with E-state index in [-0.39, 0.29) is 0 Å². The monoisotopic (exact) mass is 636 g/mol. The fourth-order valence-electron chi connectivity index (χ4n) is 7.82. The minimum Gasteiger partial charge on any atom is -0.309 e. The Kier molecular flexibility index (Phi) is 6.53. The summed E-state index contributed by atoms with van der Waals surface area (Å²) in [5.74, 6) is 0. The summed E-state index contributed by atoms with van der Waals surface area (Å²) in [4.78, 5) is 0. The van der Waals surface area contributed by atoms with E-state index in [1.807, 2.05) is 0 Å². The van der Waals surface area contributed by atoms with Crippen molar-refractivity contribution in [2.45, 2.75) is 0 Å². The minimum absolute atomic E-state index is 1.14. The van der Waals surface area contributed by atoms with Crippen molar-refractivity contribution >= 4 is 43.6 Å². The van der Waals surface area contributed by atoms with Crippen molar-refractivity contribution in [2.24, 2.45) is 0 Å². The van der Waals surface area contributed by atoms with Crippen molar-refractivity contribution in [2.75, 3.05) is 0 Å². The molecule has 0 aliphatic carbocycles. The van der Waals surface area contributed by atoms with Gasteiger partial charge in [0.25, 0.3) is 0 Å². The average molecular weight is 637 g/mol. The first kappa shape index (κ1) is 28.4. The number of fused-ring (bicyclic) bond motifs is 7. The van der Waals surface area contributed by atoms with Gasteiger partial charge in [-0.15, -0.1) is 0 Å². The van der Waals surface area contributed by atoms with E-state index in [2.05, 4.69) is 203 Å². The van der Waals surface area contributed by atoms with Crippen molar-refractivity contribution in [3.8, 4) is 44.8 Å². The third-order valence-corrected chi connectivity index (χ3v) is 10.1. The normalized spacial score (nSPS) is 11.6. The van der Waals surface area contributed by atoms with Gasteiger partial charge >= 0.3 is 0 Å². The second kappa shape index (κ2) is 11.5. The molecule has 0 unspecified atom stereocenters. The van der Waals surface area contributed by atoms with Gasteiger partial charge in [0.1, 0.15) is 0 Å². The summed E-state index contributed by atoms with van der Waals surface area (Å²) in [5, 5.41) is 5.07. The van der Waals surface area contributed by atoms with Crippen LogP contribution in [0, 0.1) is 0 Å². The lowest BCUT2D eigenvalue weighted by atomic mass is 10.00. The SMILES string of the molecule is c1ccc(-c2ccc(-c3cccc(-n4c5cc(-c6ccccc6)ccc5c5c6c7ccccc7n(-c7ccccc7)c6ccc54)c3)cc2)cc1. The minimum atomic E-state index is 1.14. The Hall–Kier alpha value is -6.64. The van der Waals surface area contributed by atoms with E-state index >= 15 is 0 Å². The molecule has 2 heteroatoms. The second-order valence-corrected chi connectivity index (χ2v) is 13.0. The third-order valence-electron chi connectivity index (χ3n) is 10.1. The van der Waals surface area contributed by atoms with Gasteiger partial charge in [-0.25, -0.2) is 0 Å². The lowest BCUT2D eigenvalue weighted by Gasteiger charge is -2.12. The fraction of sp³-hybridized carbons (Fsp3) is 0. The lowest BCUT2D eigenvalue weighted by Crippen LogP contribution is -1.95. The van der Waals surface area contributed by atoms with Crippen LogP contribution in [-0.2, 0) is 0 Å². The summed E-state index contributed by atoms with van der Waals surface area (Å²) in [6.07, 6.45) is 0. The number of rotatable bonds is 5. The summed E-state index contributed by atoms with van der Waals surface area (Å²) in [7, 11) is 0. The zero-order valence-corrected chi connectivity index (χ0v) is 27.4. The summed E-state index contributed by atoms with van der Waals surface area (Å²) in [5.41, 5.74) is 14.4. The highest BCUT2D eigenvalue weighted by Gasteiger charge is 2.21. The molecule has 0 bridgehead atoms. The molecule has 0 fully saturated rings. The zero-order chi connectivity index (χ0) is 33.0. The number of para-hydroxylation sites is 2. The molecule has 50 heavy (non-hydrogen) atoms. The quantitative estimate of drug-likeness (QED) is 0.178. The number of benzene rings is 8. The van der Waals surface area contributed by atoms with Gasteiger partial charge < -0.3 is 9.13 Å². The summed E-state index contributed by atoms with van der Waals surface area (Å²) in [6.45, 7) is 0. The molecule has 10 aromatic rings. The lowest BCUT2D eigenvalue weighted by molar-refractivity contribution is 1.17. The molecular formula is C48H32N2. The van der Waals surface area contributed by atoms with Crippen molar-refractivity contribution in [3.63, 3.8) is 0 Å². The van der Waals surface area contributed by atoms with Gasteiger partial charge in [0.2, 0.25) is 0 Å². The van der Waals surface area contributed by atoms with Crippen LogP contribution < -0.4 is 0 Å². The van der Waals surface area contributed by atoms with Crippen LogP contribution in [0.4, 0.5) is 0 Å². The van der Waals surface area contributed by atoms with Gasteiger partial charge in [0.15, 0.2) is 0 Å². The second-order valence-electron chi connectivity index (χ2n) is 13.0. The molecule has 0 saturated heterocycles. The summed E-state index contributed by atoms with van der Waals surface area (Å²) < 4.78 is 4.87. The standard InChI is InChI=1S/C48H32N2/c1-4-13-33(14-5-1)35-23-25-36(26-24-35)37-17-12-20-40(31-37)50-45-30-29-44-47(41-21-10-11-22-43(41)49(44)39-18-8-3-9-19-39)48(45)42-28-27-38(32-46(42)50)34-15-6-2-7-16-34/h1-32H. The van der Waals surface area contributed by atoms with E-state index in [1.54, 1.807) is 0 Å². The van der Waals surface area contributed by atoms with Crippen LogP contribution in [0.15, 0.2) is 194 Å². The maximum absolute atomic E-state index is 2.47. The first-order chi connectivity index (χ1) is 24.8. The molecule has 0 aliphatic heterocycles. The van der Waals surface area contributed by atoms with E-state index in [1.165, 1.54) is 82.7 Å². The van der Waals surface area contributed by atoms with Gasteiger partial charge in [0, 0.05) is 32.9 Å². The molecule has 0 N–H and O–H groups in total. The number of aromatic nitrogens is 2. The molecule has 2 heterocycles. The number of hydrogen-bond donors (Lipinski definition) is 0. The highest BCUT2D eigenvalue weighted by molar-refractivity contribution is 6.29. The predicted octanol–water partition coefficient (Wildman–Crippen LogP) is 12.9. The first-order valence-electron chi connectivity index (χ1n) is 17.2. The van der Waals surface area contributed by atoms with Crippen molar-refractivity contribution in [1.82, 2.24) is 9.13 Å². The molecule has 0 amide bonds. The highest BCUT2D eigenvalue weighted by Crippen LogP contribution is 2.43. The van der Waals surface area contributed by atoms with Crippen LogP contribution in [0.1, 0.15) is 0 Å². The van der Waals surface area contributed by atoms with Crippen LogP contribution in [0.2, 0.25) is 0 Å². The Morgan fingerprint density at radius 3 is 1.36 bits per heavy atom. The van der Waals surface area contributed by atoms with E-state index < -0.39 is 0 Å². The molecule has 2 nitrogen and oxygen atoms in total. The highest BCUT2D eigenvalue weighted by atomic mass is 15.0. The van der Waals surface area contributed by atoms with Gasteiger partial charge in [-0.05, 0) is 81.9 Å². The van der Waals surface area contributed by atoms with Crippen LogP contribution >= 0.6 is 0 Å². The van der Waals surface area contributed by atoms with E-state index in [0.29, 0.717) is 0 Å². The molecule has 2 aromatic heterocycles. The van der Waals surface area contributed by atoms with E-state index in [9.17, 15) is 0 Å². The van der Waals surface area contributed by atoms with Crippen LogP contribution in [-0.4, -0.2) is 9.13 Å². The zero-order valence-electron chi connectivity index (χ0n) is 27.4. The first-order valence-corrected chi connectivity index (χ1v) is 17.2. The number of hydrogen-bond acceptors (Lipinski definition) is 0. The van der Waals surface area contributed by atoms with Crippen LogP contribution in [0.5, 0.6) is 0 Å². The van der Waals surface area contributed by atoms with Crippen molar-refractivity contribution in [3.05, 3.63) is 194 Å². The van der Waals surface area contributed by atoms with Gasteiger partial charge in [-0.3, -0.25) is 0 Å². The van der Waals surface area contributed by atoms with Crippen molar-refractivity contribution < 1.29 is 0 Å². The van der Waals surface area contributed by atoms with Gasteiger partial charge in [-0.2, -0.15) is 0 Å². The van der Waals surface area contributed by atoms with E-state index in [0.717, 1.165) is 5.69 Å². The molecule has 10 rings (SSSR count). The maximum Gasteiger partial charge on any atom is 0.0548 e. The van der Waals surface area contributed by atoms with Crippen molar-refractivity contribution in [1.29, 1.82) is 0 Å². The molecule has 0 saturated carbocycles. The Labute approximate surface area is 290 Å². The number of nitrogens with zero attached hydrogens (tertiary/aromatic N) is 2. The van der Waals surface area contributed by atoms with Gasteiger partial charge in [-0.1, -0.05) is 146 Å². The summed E-state index contributed by atoms with van der Waals surface area (Å²) >= 11 is 0. The third kappa shape index (κ3) is 4.50. The topological polar surface area (TPSA) is 9.86 Å². The summed E-state index contributed by atoms with van der Waals surface area (Å²) in [6, 6.07) is 70.3. The molecule has 0 aliphatic rings. The van der Waals surface area contributed by atoms with E-state index in [4.69, 9.17) is 0 Å². The largest absolute Gasteiger partial charge is 0.309 e. The van der Waals surface area contributed by atoms with Gasteiger partial charge in [0.05, 0.1) is 22.1 Å². The van der Waals surface area contributed by atoms with Crippen LogP contribution in [0.25, 0.3) is 88.4 Å². The maximum atomic E-state index is 2.47. The molecule has 0 atom stereocenters. The predicted molar refractivity (Wildman–Crippen MR) is 211 cm³/mol. The molecule has 8 aromatic carbocycles. The molecule has 0 radical (unpaired) electrons. The Morgan fingerprint density at radius 1 is 0.240 bits per heavy atom. The molecular weight excluding hydrogens is 605 g/mol. The smallest absolute Gasteiger partial charge is 0.0548 e. The average Bonchev–Trinajstić information content (AvgIpc) is 3.71. The Balaban J connectivity index is 1.24. The molecule has 234 valence electrons. The fourth-order valence-corrected chi connectivity index (χ4v) is 7.82.